The van der Waals surface area contributed by atoms with Gasteiger partial charge in [-0.05, 0) is 31.7 Å². The van der Waals surface area contributed by atoms with Crippen LogP contribution in [0.3, 0.4) is 0 Å². The van der Waals surface area contributed by atoms with E-state index in [-0.39, 0.29) is 6.10 Å². The third-order valence-corrected chi connectivity index (χ3v) is 5.00. The summed E-state index contributed by atoms with van der Waals surface area (Å²) in [5, 5.41) is 11.2. The van der Waals surface area contributed by atoms with Gasteiger partial charge in [0.05, 0.1) is 17.4 Å². The zero-order chi connectivity index (χ0) is 13.1. The summed E-state index contributed by atoms with van der Waals surface area (Å²) in [7, 11) is 0. The van der Waals surface area contributed by atoms with E-state index >= 15 is 0 Å². The van der Waals surface area contributed by atoms with Crippen LogP contribution in [0.1, 0.15) is 31.5 Å². The Hall–Kier alpha value is -1.13. The molecule has 1 heterocycles. The molecule has 1 aliphatic carbocycles. The third-order valence-electron chi connectivity index (χ3n) is 3.63. The molecule has 1 saturated carbocycles. The quantitative estimate of drug-likeness (QED) is 0.934. The predicted molar refractivity (Wildman–Crippen MR) is 79.1 cm³/mol. The van der Waals surface area contributed by atoms with E-state index in [1.165, 1.54) is 0 Å². The van der Waals surface area contributed by atoms with Crippen molar-refractivity contribution >= 4 is 22.7 Å². The van der Waals surface area contributed by atoms with Gasteiger partial charge in [0.15, 0.2) is 0 Å². The van der Waals surface area contributed by atoms with Crippen molar-refractivity contribution in [3.63, 3.8) is 0 Å². The molecule has 0 spiro atoms. The van der Waals surface area contributed by atoms with Crippen LogP contribution in [-0.2, 0) is 5.75 Å². The predicted octanol–water partition coefficient (Wildman–Crippen LogP) is 3.17. The third kappa shape index (κ3) is 3.25. The fourth-order valence-corrected chi connectivity index (χ4v) is 3.61. The molecule has 1 aliphatic rings. The first-order valence-corrected chi connectivity index (χ1v) is 7.86. The summed E-state index contributed by atoms with van der Waals surface area (Å²) in [6, 6.07) is 8.08. The van der Waals surface area contributed by atoms with Crippen LogP contribution in [0.25, 0.3) is 10.9 Å². The minimum atomic E-state index is -0.0752. The average Bonchev–Trinajstić information content (AvgIpc) is 2.46. The lowest BCUT2D eigenvalue weighted by atomic mass is 9.97. The van der Waals surface area contributed by atoms with E-state index in [0.29, 0.717) is 5.25 Å². The molecular formula is C15H18N2OS. The minimum Gasteiger partial charge on any atom is -0.393 e. The van der Waals surface area contributed by atoms with Crippen LogP contribution in [0.15, 0.2) is 30.5 Å². The summed E-state index contributed by atoms with van der Waals surface area (Å²) in [4.78, 5) is 9.02. The van der Waals surface area contributed by atoms with Gasteiger partial charge in [-0.1, -0.05) is 18.2 Å². The van der Waals surface area contributed by atoms with Crippen molar-refractivity contribution in [1.82, 2.24) is 9.97 Å². The summed E-state index contributed by atoms with van der Waals surface area (Å²) in [6.45, 7) is 0. The van der Waals surface area contributed by atoms with E-state index in [9.17, 15) is 5.11 Å². The number of aliphatic hydroxyl groups is 1. The number of hydrogen-bond acceptors (Lipinski definition) is 4. The Kier molecular flexibility index (Phi) is 3.99. The molecule has 100 valence electrons. The van der Waals surface area contributed by atoms with Gasteiger partial charge in [-0.2, -0.15) is 11.8 Å². The molecule has 0 unspecified atom stereocenters. The second-order valence-electron chi connectivity index (χ2n) is 5.09. The number of rotatable bonds is 3. The number of fused-ring (bicyclic) bond motifs is 1. The summed E-state index contributed by atoms with van der Waals surface area (Å²) >= 11 is 1.92. The molecule has 0 radical (unpaired) electrons. The van der Waals surface area contributed by atoms with Crippen molar-refractivity contribution in [2.45, 2.75) is 42.8 Å². The number of para-hydroxylation sites is 1. The highest BCUT2D eigenvalue weighted by Crippen LogP contribution is 2.30. The van der Waals surface area contributed by atoms with Crippen LogP contribution in [0.5, 0.6) is 0 Å². The Labute approximate surface area is 117 Å². The first kappa shape index (κ1) is 12.9. The van der Waals surface area contributed by atoms with Gasteiger partial charge in [0.25, 0.3) is 0 Å². The maximum atomic E-state index is 9.50. The summed E-state index contributed by atoms with van der Waals surface area (Å²) in [5.74, 6) is 1.78. The zero-order valence-corrected chi connectivity index (χ0v) is 11.6. The van der Waals surface area contributed by atoms with Crippen molar-refractivity contribution in [3.8, 4) is 0 Å². The summed E-state index contributed by atoms with van der Waals surface area (Å²) in [6.07, 6.45) is 5.93. The van der Waals surface area contributed by atoms with Crippen molar-refractivity contribution in [2.24, 2.45) is 0 Å². The zero-order valence-electron chi connectivity index (χ0n) is 10.8. The van der Waals surface area contributed by atoms with Gasteiger partial charge in [0, 0.05) is 16.8 Å². The van der Waals surface area contributed by atoms with Gasteiger partial charge in [-0.15, -0.1) is 0 Å². The Bertz CT molecular complexity index is 553. The van der Waals surface area contributed by atoms with Crippen molar-refractivity contribution in [2.75, 3.05) is 0 Å². The molecule has 1 fully saturated rings. The SMILES string of the molecule is O[C@H]1CC[C@H](SCc2ncc3ccccc3n2)CC1. The summed E-state index contributed by atoms with van der Waals surface area (Å²) in [5.41, 5.74) is 1.02. The molecular weight excluding hydrogens is 256 g/mol. The van der Waals surface area contributed by atoms with Gasteiger partial charge >= 0.3 is 0 Å². The van der Waals surface area contributed by atoms with Gasteiger partial charge in [-0.25, -0.2) is 9.97 Å². The Morgan fingerprint density at radius 1 is 1.16 bits per heavy atom. The second-order valence-corrected chi connectivity index (χ2v) is 6.38. The number of hydrogen-bond donors (Lipinski definition) is 1. The largest absolute Gasteiger partial charge is 0.393 e. The fourth-order valence-electron chi connectivity index (χ4n) is 2.48. The highest BCUT2D eigenvalue weighted by molar-refractivity contribution is 7.99. The van der Waals surface area contributed by atoms with Crippen LogP contribution < -0.4 is 0 Å². The lowest BCUT2D eigenvalue weighted by Gasteiger charge is -2.24. The van der Waals surface area contributed by atoms with E-state index in [1.54, 1.807) is 0 Å². The molecule has 0 amide bonds. The average molecular weight is 274 g/mol. The van der Waals surface area contributed by atoms with Crippen LogP contribution in [0, 0.1) is 0 Å². The first-order chi connectivity index (χ1) is 9.31. The second kappa shape index (κ2) is 5.88. The number of aliphatic hydroxyl groups excluding tert-OH is 1. The molecule has 1 aromatic heterocycles. The number of nitrogens with zero attached hydrogens (tertiary/aromatic N) is 2. The summed E-state index contributed by atoms with van der Waals surface area (Å²) < 4.78 is 0. The fraction of sp³-hybridized carbons (Fsp3) is 0.467. The Morgan fingerprint density at radius 2 is 1.95 bits per heavy atom. The van der Waals surface area contributed by atoms with Crippen LogP contribution in [0.4, 0.5) is 0 Å². The standard InChI is InChI=1S/C15H18N2OS/c18-12-5-7-13(8-6-12)19-10-15-16-9-11-3-1-2-4-14(11)17-15/h1-4,9,12-13,18H,5-8,10H2/t12-,13-. The molecule has 3 rings (SSSR count). The number of aromatic nitrogens is 2. The molecule has 1 aromatic carbocycles. The van der Waals surface area contributed by atoms with Gasteiger partial charge < -0.3 is 5.11 Å². The van der Waals surface area contributed by atoms with Crippen molar-refractivity contribution in [3.05, 3.63) is 36.3 Å². The number of thioether (sulfide) groups is 1. The first-order valence-electron chi connectivity index (χ1n) is 6.81. The molecule has 4 heteroatoms. The van der Waals surface area contributed by atoms with Gasteiger partial charge in [-0.3, -0.25) is 0 Å². The number of benzene rings is 1. The lowest BCUT2D eigenvalue weighted by molar-refractivity contribution is 0.132. The molecule has 0 aliphatic heterocycles. The van der Waals surface area contributed by atoms with E-state index in [1.807, 2.05) is 42.2 Å². The molecule has 2 aromatic rings. The Balaban J connectivity index is 1.62. The molecule has 3 nitrogen and oxygen atoms in total. The normalized spacial score (nSPS) is 23.6. The van der Waals surface area contributed by atoms with E-state index in [2.05, 4.69) is 9.97 Å². The van der Waals surface area contributed by atoms with Crippen LogP contribution in [-0.4, -0.2) is 26.4 Å². The van der Waals surface area contributed by atoms with Gasteiger partial charge in [0.2, 0.25) is 0 Å². The minimum absolute atomic E-state index is 0.0752. The van der Waals surface area contributed by atoms with E-state index in [4.69, 9.17) is 0 Å². The van der Waals surface area contributed by atoms with E-state index < -0.39 is 0 Å². The molecule has 1 N–H and O–H groups in total. The highest BCUT2D eigenvalue weighted by atomic mass is 32.2. The van der Waals surface area contributed by atoms with Crippen LogP contribution in [0.2, 0.25) is 0 Å². The van der Waals surface area contributed by atoms with Crippen molar-refractivity contribution in [1.29, 1.82) is 0 Å². The molecule has 0 saturated heterocycles. The lowest BCUT2D eigenvalue weighted by Crippen LogP contribution is -2.19. The maximum Gasteiger partial charge on any atom is 0.138 e. The monoisotopic (exact) mass is 274 g/mol. The van der Waals surface area contributed by atoms with E-state index in [0.717, 1.165) is 48.2 Å². The Morgan fingerprint density at radius 3 is 2.79 bits per heavy atom. The van der Waals surface area contributed by atoms with Crippen LogP contribution >= 0.6 is 11.8 Å². The van der Waals surface area contributed by atoms with Gasteiger partial charge in [0.1, 0.15) is 5.82 Å². The molecule has 19 heavy (non-hydrogen) atoms. The smallest absolute Gasteiger partial charge is 0.138 e. The molecule has 0 atom stereocenters. The highest BCUT2D eigenvalue weighted by Gasteiger charge is 2.19. The topological polar surface area (TPSA) is 46.0 Å². The van der Waals surface area contributed by atoms with Crippen molar-refractivity contribution < 1.29 is 5.11 Å². The molecule has 0 bridgehead atoms. The maximum absolute atomic E-state index is 9.50.